The fraction of sp³-hybridized carbons (Fsp3) is 0.227. The van der Waals surface area contributed by atoms with Gasteiger partial charge in [-0.3, -0.25) is 19.0 Å². The number of thiazole rings is 1. The molecule has 1 N–H and O–H groups in total. The molecule has 7 nitrogen and oxygen atoms in total. The lowest BCUT2D eigenvalue weighted by Gasteiger charge is -2.05. The number of carbonyl (C=O) groups is 2. The number of nitrogens with zero attached hydrogens (tertiary/aromatic N) is 3. The van der Waals surface area contributed by atoms with Crippen molar-refractivity contribution in [2.45, 2.75) is 33.7 Å². The first-order valence-corrected chi connectivity index (χ1v) is 11.3. The fourth-order valence-corrected chi connectivity index (χ4v) is 5.12. The van der Waals surface area contributed by atoms with Crippen LogP contribution in [0.3, 0.4) is 0 Å². The number of rotatable bonds is 6. The van der Waals surface area contributed by atoms with E-state index >= 15 is 0 Å². The minimum Gasteiger partial charge on any atom is -0.302 e. The van der Waals surface area contributed by atoms with Crippen molar-refractivity contribution < 1.29 is 9.59 Å². The molecule has 0 atom stereocenters. The molecule has 0 radical (unpaired) electrons. The first-order chi connectivity index (χ1) is 14.8. The summed E-state index contributed by atoms with van der Waals surface area (Å²) in [6.45, 7) is 5.56. The Hall–Kier alpha value is -3.17. The van der Waals surface area contributed by atoms with Crippen molar-refractivity contribution in [3.8, 4) is 11.3 Å². The highest BCUT2D eigenvalue weighted by atomic mass is 32.1. The summed E-state index contributed by atoms with van der Waals surface area (Å²) in [7, 11) is 0. The molecule has 0 unspecified atom stereocenters. The van der Waals surface area contributed by atoms with E-state index in [-0.39, 0.29) is 30.2 Å². The third-order valence-corrected chi connectivity index (χ3v) is 7.16. The van der Waals surface area contributed by atoms with E-state index < -0.39 is 0 Å². The molecule has 0 aliphatic rings. The van der Waals surface area contributed by atoms with Gasteiger partial charge in [-0.2, -0.15) is 0 Å². The molecule has 0 fully saturated rings. The van der Waals surface area contributed by atoms with Crippen LogP contribution in [0.4, 0.5) is 5.13 Å². The van der Waals surface area contributed by atoms with E-state index in [1.165, 1.54) is 29.2 Å². The van der Waals surface area contributed by atoms with Gasteiger partial charge in [0.25, 0.3) is 5.56 Å². The van der Waals surface area contributed by atoms with Gasteiger partial charge in [0.05, 0.1) is 22.3 Å². The van der Waals surface area contributed by atoms with Gasteiger partial charge in [-0.15, -0.1) is 11.3 Å². The molecule has 31 heavy (non-hydrogen) atoms. The van der Waals surface area contributed by atoms with Crippen LogP contribution in [0.25, 0.3) is 21.5 Å². The van der Waals surface area contributed by atoms with Gasteiger partial charge in [-0.25, -0.2) is 9.97 Å². The van der Waals surface area contributed by atoms with E-state index in [2.05, 4.69) is 15.3 Å². The highest BCUT2D eigenvalue weighted by Crippen LogP contribution is 2.31. The van der Waals surface area contributed by atoms with Crippen molar-refractivity contribution in [2.75, 3.05) is 5.32 Å². The van der Waals surface area contributed by atoms with Crippen molar-refractivity contribution in [3.05, 3.63) is 62.3 Å². The largest absolute Gasteiger partial charge is 0.302 e. The molecule has 0 saturated heterocycles. The summed E-state index contributed by atoms with van der Waals surface area (Å²) in [6, 6.07) is 9.37. The highest BCUT2D eigenvalue weighted by Gasteiger charge is 2.18. The normalized spacial score (nSPS) is 11.1. The number of Topliss-reactive ketones (excluding diaryl/α,β-unsaturated/α-hetero) is 1. The number of benzene rings is 1. The molecular formula is C22H20N4O3S2. The summed E-state index contributed by atoms with van der Waals surface area (Å²) in [5, 5.41) is 3.73. The average molecular weight is 453 g/mol. The van der Waals surface area contributed by atoms with E-state index in [0.717, 1.165) is 27.3 Å². The number of anilines is 1. The Balaban J connectivity index is 1.50. The monoisotopic (exact) mass is 452 g/mol. The molecule has 4 rings (SSSR count). The maximum Gasteiger partial charge on any atom is 0.262 e. The first-order valence-electron chi connectivity index (χ1n) is 9.67. The summed E-state index contributed by atoms with van der Waals surface area (Å²) in [4.78, 5) is 48.4. The van der Waals surface area contributed by atoms with Crippen molar-refractivity contribution in [1.29, 1.82) is 0 Å². The molecule has 0 aliphatic heterocycles. The molecule has 1 aromatic carbocycles. The second-order valence-corrected chi connectivity index (χ2v) is 9.33. The number of nitrogens with one attached hydrogen (secondary N) is 1. The van der Waals surface area contributed by atoms with Crippen molar-refractivity contribution in [1.82, 2.24) is 14.5 Å². The summed E-state index contributed by atoms with van der Waals surface area (Å²) in [6.07, 6.45) is 1.57. The average Bonchev–Trinajstić information content (AvgIpc) is 3.29. The molecule has 158 valence electrons. The lowest BCUT2D eigenvalue weighted by molar-refractivity contribution is -0.116. The van der Waals surface area contributed by atoms with Gasteiger partial charge in [0.15, 0.2) is 10.9 Å². The van der Waals surface area contributed by atoms with Gasteiger partial charge >= 0.3 is 0 Å². The van der Waals surface area contributed by atoms with Crippen LogP contribution >= 0.6 is 22.7 Å². The van der Waals surface area contributed by atoms with Crippen LogP contribution in [0.5, 0.6) is 0 Å². The Morgan fingerprint density at radius 3 is 2.58 bits per heavy atom. The van der Waals surface area contributed by atoms with Gasteiger partial charge in [-0.1, -0.05) is 41.7 Å². The van der Waals surface area contributed by atoms with E-state index in [4.69, 9.17) is 0 Å². The minimum absolute atomic E-state index is 0.0882. The predicted molar refractivity (Wildman–Crippen MR) is 124 cm³/mol. The maximum atomic E-state index is 12.8. The van der Waals surface area contributed by atoms with E-state index in [1.807, 2.05) is 44.2 Å². The molecule has 0 bridgehead atoms. The van der Waals surface area contributed by atoms with Gasteiger partial charge in [0.1, 0.15) is 4.83 Å². The SMILES string of the molecule is CC(=O)c1sc(NC(=O)CCn2cnc3sc(C)c(C)c3c2=O)nc1-c1ccccc1. The summed E-state index contributed by atoms with van der Waals surface area (Å²) < 4.78 is 1.46. The number of aromatic nitrogens is 3. The molecule has 3 heterocycles. The van der Waals surface area contributed by atoms with Gasteiger partial charge in [0, 0.05) is 30.3 Å². The van der Waals surface area contributed by atoms with Crippen LogP contribution in [0.2, 0.25) is 0 Å². The Bertz CT molecular complexity index is 1350. The molecule has 0 spiro atoms. The van der Waals surface area contributed by atoms with Crippen LogP contribution in [0.1, 0.15) is 33.5 Å². The van der Waals surface area contributed by atoms with Gasteiger partial charge in [0.2, 0.25) is 5.91 Å². The molecule has 9 heteroatoms. The Kier molecular flexibility index (Phi) is 5.79. The second kappa shape index (κ2) is 8.52. The van der Waals surface area contributed by atoms with E-state index in [0.29, 0.717) is 25.9 Å². The number of fused-ring (bicyclic) bond motifs is 1. The molecule has 3 aromatic heterocycles. The predicted octanol–water partition coefficient (Wildman–Crippen LogP) is 4.43. The minimum atomic E-state index is -0.284. The molecular weight excluding hydrogens is 432 g/mol. The zero-order valence-corrected chi connectivity index (χ0v) is 18.9. The number of amides is 1. The smallest absolute Gasteiger partial charge is 0.262 e. The number of ketones is 1. The fourth-order valence-electron chi connectivity index (χ4n) is 3.24. The third-order valence-electron chi connectivity index (χ3n) is 4.98. The van der Waals surface area contributed by atoms with E-state index in [1.54, 1.807) is 0 Å². The number of hydrogen-bond acceptors (Lipinski definition) is 7. The first kappa shape index (κ1) is 21.1. The maximum absolute atomic E-state index is 12.8. The third kappa shape index (κ3) is 4.19. The van der Waals surface area contributed by atoms with Gasteiger partial charge < -0.3 is 5.32 Å². The van der Waals surface area contributed by atoms with Crippen LogP contribution in [0.15, 0.2) is 41.5 Å². The Morgan fingerprint density at radius 2 is 1.87 bits per heavy atom. The lowest BCUT2D eigenvalue weighted by Crippen LogP contribution is -2.23. The lowest BCUT2D eigenvalue weighted by atomic mass is 10.1. The molecule has 0 aliphatic carbocycles. The van der Waals surface area contributed by atoms with Crippen LogP contribution < -0.4 is 10.9 Å². The van der Waals surface area contributed by atoms with Crippen molar-refractivity contribution in [2.24, 2.45) is 0 Å². The second-order valence-electron chi connectivity index (χ2n) is 7.12. The number of hydrogen-bond donors (Lipinski definition) is 1. The number of carbonyl (C=O) groups excluding carboxylic acids is 2. The van der Waals surface area contributed by atoms with Crippen molar-refractivity contribution >= 4 is 49.7 Å². The Morgan fingerprint density at radius 1 is 1.13 bits per heavy atom. The Labute approximate surface area is 186 Å². The summed E-state index contributed by atoms with van der Waals surface area (Å²) in [5.41, 5.74) is 2.17. The zero-order valence-electron chi connectivity index (χ0n) is 17.3. The molecule has 4 aromatic rings. The van der Waals surface area contributed by atoms with Crippen molar-refractivity contribution in [3.63, 3.8) is 0 Å². The summed E-state index contributed by atoms with van der Waals surface area (Å²) in [5.74, 6) is -0.391. The van der Waals surface area contributed by atoms with E-state index in [9.17, 15) is 14.4 Å². The number of aryl methyl sites for hydroxylation is 3. The van der Waals surface area contributed by atoms with Gasteiger partial charge in [-0.05, 0) is 19.4 Å². The standard InChI is InChI=1S/C22H20N4O3S2/c1-12-14(3)30-20-17(12)21(29)26(11-23-20)10-9-16(28)24-22-25-18(19(31-22)13(2)27)15-7-5-4-6-8-15/h4-8,11H,9-10H2,1-3H3,(H,24,25,28). The molecule has 0 saturated carbocycles. The van der Waals surface area contributed by atoms with Crippen LogP contribution in [-0.4, -0.2) is 26.2 Å². The summed E-state index contributed by atoms with van der Waals surface area (Å²) >= 11 is 2.64. The van der Waals surface area contributed by atoms with Crippen LogP contribution in [0, 0.1) is 13.8 Å². The number of thiophene rings is 1. The van der Waals surface area contributed by atoms with Crippen LogP contribution in [-0.2, 0) is 11.3 Å². The zero-order chi connectivity index (χ0) is 22.1. The molecule has 1 amide bonds. The quantitative estimate of drug-likeness (QED) is 0.437. The highest BCUT2D eigenvalue weighted by molar-refractivity contribution is 7.18. The topological polar surface area (TPSA) is 94.0 Å².